The maximum absolute atomic E-state index is 13.4. The van der Waals surface area contributed by atoms with E-state index in [2.05, 4.69) is 33.7 Å². The van der Waals surface area contributed by atoms with Gasteiger partial charge in [-0.15, -0.1) is 0 Å². The van der Waals surface area contributed by atoms with Gasteiger partial charge in [-0.25, -0.2) is 4.39 Å². The molecule has 0 aliphatic carbocycles. The summed E-state index contributed by atoms with van der Waals surface area (Å²) in [5, 5.41) is 4.80. The van der Waals surface area contributed by atoms with Crippen molar-refractivity contribution in [1.82, 2.24) is 9.29 Å². The first-order valence-electron chi connectivity index (χ1n) is 7.08. The molecule has 21 heavy (non-hydrogen) atoms. The van der Waals surface area contributed by atoms with Gasteiger partial charge in [0.05, 0.1) is 5.52 Å². The van der Waals surface area contributed by atoms with Crippen LogP contribution in [0.15, 0.2) is 53.6 Å². The Balaban J connectivity index is 1.83. The lowest BCUT2D eigenvalue weighted by atomic mass is 10.1. The Bertz CT molecular complexity index is 810. The predicted octanol–water partition coefficient (Wildman–Crippen LogP) is 3.98. The summed E-state index contributed by atoms with van der Waals surface area (Å²) >= 11 is 1.57. The van der Waals surface area contributed by atoms with E-state index in [0.29, 0.717) is 0 Å². The summed E-state index contributed by atoms with van der Waals surface area (Å²) in [5.41, 5.74) is 3.92. The van der Waals surface area contributed by atoms with E-state index in [-0.39, 0.29) is 5.82 Å². The molecule has 4 heteroatoms. The smallest absolute Gasteiger partial charge is 0.124 e. The Morgan fingerprint density at radius 1 is 1.10 bits per heavy atom. The van der Waals surface area contributed by atoms with Gasteiger partial charge < -0.3 is 5.32 Å². The fourth-order valence-corrected chi connectivity index (χ4v) is 3.87. The maximum atomic E-state index is 13.4. The van der Waals surface area contributed by atoms with Crippen LogP contribution in [-0.4, -0.2) is 10.5 Å². The van der Waals surface area contributed by atoms with E-state index in [1.165, 1.54) is 28.1 Å². The monoisotopic (exact) mass is 298 g/mol. The van der Waals surface area contributed by atoms with Crippen LogP contribution in [-0.2, 0) is 13.0 Å². The van der Waals surface area contributed by atoms with Crippen LogP contribution < -0.4 is 5.32 Å². The third-order valence-corrected chi connectivity index (χ3v) is 4.81. The van der Waals surface area contributed by atoms with Crippen LogP contribution in [0.4, 0.5) is 4.39 Å². The summed E-state index contributed by atoms with van der Waals surface area (Å²) in [7, 11) is 0. The summed E-state index contributed by atoms with van der Waals surface area (Å²) < 4.78 is 15.5. The number of hydrogen-bond acceptors (Lipinski definition) is 2. The lowest BCUT2D eigenvalue weighted by Gasteiger charge is -2.06. The Morgan fingerprint density at radius 2 is 2.00 bits per heavy atom. The van der Waals surface area contributed by atoms with E-state index < -0.39 is 0 Å². The molecule has 0 spiro atoms. The molecule has 3 aromatic rings. The zero-order valence-corrected chi connectivity index (χ0v) is 12.3. The van der Waals surface area contributed by atoms with Gasteiger partial charge in [-0.2, -0.15) is 0 Å². The molecule has 2 heterocycles. The second kappa shape index (κ2) is 5.20. The van der Waals surface area contributed by atoms with Crippen molar-refractivity contribution < 1.29 is 4.39 Å². The molecule has 4 rings (SSSR count). The first kappa shape index (κ1) is 12.9. The molecule has 0 bridgehead atoms. The van der Waals surface area contributed by atoms with Gasteiger partial charge in [0.25, 0.3) is 0 Å². The highest BCUT2D eigenvalue weighted by atomic mass is 32.2. The number of nitrogens with one attached hydrogen (secondary N) is 1. The van der Waals surface area contributed by atoms with Crippen LogP contribution in [0.3, 0.4) is 0 Å². The molecule has 0 unspecified atom stereocenters. The number of hydrogen-bond donors (Lipinski definition) is 1. The molecule has 1 aliphatic rings. The van der Waals surface area contributed by atoms with Crippen molar-refractivity contribution in [3.8, 4) is 0 Å². The first-order chi connectivity index (χ1) is 10.3. The molecule has 0 saturated heterocycles. The average Bonchev–Trinajstić information content (AvgIpc) is 2.69. The predicted molar refractivity (Wildman–Crippen MR) is 85.0 cm³/mol. The van der Waals surface area contributed by atoms with Crippen molar-refractivity contribution in [2.75, 3.05) is 6.54 Å². The standard InChI is InChI=1S/C17H15FN2S/c18-14-4-2-5-15(9-14)21-20-11-13-7-8-19-10-12-3-1-6-16(20)17(12)13/h1-6,9,11,19H,7-8,10H2. The van der Waals surface area contributed by atoms with Gasteiger partial charge in [0, 0.05) is 23.0 Å². The second-order valence-corrected chi connectivity index (χ2v) is 6.31. The van der Waals surface area contributed by atoms with E-state index in [0.717, 1.165) is 24.4 Å². The van der Waals surface area contributed by atoms with Crippen molar-refractivity contribution in [3.63, 3.8) is 0 Å². The van der Waals surface area contributed by atoms with Gasteiger partial charge in [-0.3, -0.25) is 3.97 Å². The zero-order chi connectivity index (χ0) is 14.2. The fourth-order valence-electron chi connectivity index (χ4n) is 2.91. The zero-order valence-electron chi connectivity index (χ0n) is 11.5. The number of halogens is 1. The van der Waals surface area contributed by atoms with Gasteiger partial charge in [-0.1, -0.05) is 18.2 Å². The van der Waals surface area contributed by atoms with Crippen LogP contribution in [0.1, 0.15) is 11.1 Å². The lowest BCUT2D eigenvalue weighted by Crippen LogP contribution is -2.13. The second-order valence-electron chi connectivity index (χ2n) is 5.27. The summed E-state index contributed by atoms with van der Waals surface area (Å²) in [4.78, 5) is 0.916. The van der Waals surface area contributed by atoms with Crippen LogP contribution in [0.5, 0.6) is 0 Å². The van der Waals surface area contributed by atoms with Gasteiger partial charge in [-0.05, 0) is 60.3 Å². The molecular formula is C17H15FN2S. The third kappa shape index (κ3) is 2.34. The van der Waals surface area contributed by atoms with E-state index in [1.54, 1.807) is 24.1 Å². The molecule has 0 saturated carbocycles. The molecule has 0 atom stereocenters. The summed E-state index contributed by atoms with van der Waals surface area (Å²) in [6.07, 6.45) is 3.22. The fraction of sp³-hybridized carbons (Fsp3) is 0.176. The highest BCUT2D eigenvalue weighted by molar-refractivity contribution is 7.98. The summed E-state index contributed by atoms with van der Waals surface area (Å²) in [5.74, 6) is -0.192. The number of nitrogens with zero attached hydrogens (tertiary/aromatic N) is 1. The molecule has 2 aromatic carbocycles. The quantitative estimate of drug-likeness (QED) is 0.770. The topological polar surface area (TPSA) is 17.0 Å². The highest BCUT2D eigenvalue weighted by Gasteiger charge is 2.15. The summed E-state index contributed by atoms with van der Waals surface area (Å²) in [6, 6.07) is 13.2. The minimum Gasteiger partial charge on any atom is -0.312 e. The average molecular weight is 298 g/mol. The van der Waals surface area contributed by atoms with Gasteiger partial charge in [0.2, 0.25) is 0 Å². The van der Waals surface area contributed by atoms with E-state index in [4.69, 9.17) is 0 Å². The number of benzene rings is 2. The van der Waals surface area contributed by atoms with Crippen molar-refractivity contribution >= 4 is 22.9 Å². The van der Waals surface area contributed by atoms with Crippen molar-refractivity contribution in [3.05, 3.63) is 65.6 Å². The molecule has 0 fully saturated rings. The Labute approximate surface area is 127 Å². The molecule has 2 nitrogen and oxygen atoms in total. The molecule has 0 amide bonds. The Kier molecular flexibility index (Phi) is 3.20. The molecule has 0 radical (unpaired) electrons. The third-order valence-electron chi connectivity index (χ3n) is 3.85. The van der Waals surface area contributed by atoms with Crippen LogP contribution in [0.2, 0.25) is 0 Å². The van der Waals surface area contributed by atoms with Crippen LogP contribution >= 0.6 is 11.9 Å². The van der Waals surface area contributed by atoms with E-state index >= 15 is 0 Å². The van der Waals surface area contributed by atoms with Crippen molar-refractivity contribution in [2.24, 2.45) is 0 Å². The number of aromatic nitrogens is 1. The minimum atomic E-state index is -0.192. The Morgan fingerprint density at radius 3 is 2.90 bits per heavy atom. The van der Waals surface area contributed by atoms with Crippen molar-refractivity contribution in [1.29, 1.82) is 0 Å². The SMILES string of the molecule is Fc1cccc(Sn2cc3c4c(cccc42)CNCC3)c1. The van der Waals surface area contributed by atoms with Crippen molar-refractivity contribution in [2.45, 2.75) is 17.9 Å². The lowest BCUT2D eigenvalue weighted by molar-refractivity contribution is 0.624. The largest absolute Gasteiger partial charge is 0.312 e. The van der Waals surface area contributed by atoms with Gasteiger partial charge >= 0.3 is 0 Å². The van der Waals surface area contributed by atoms with Crippen LogP contribution in [0, 0.1) is 5.82 Å². The maximum Gasteiger partial charge on any atom is 0.124 e. The molecular weight excluding hydrogens is 283 g/mol. The molecule has 1 N–H and O–H groups in total. The van der Waals surface area contributed by atoms with E-state index in [9.17, 15) is 4.39 Å². The molecule has 1 aromatic heterocycles. The van der Waals surface area contributed by atoms with Gasteiger partial charge in [0.15, 0.2) is 0 Å². The van der Waals surface area contributed by atoms with Gasteiger partial charge in [0.1, 0.15) is 5.82 Å². The first-order valence-corrected chi connectivity index (χ1v) is 7.85. The minimum absolute atomic E-state index is 0.192. The highest BCUT2D eigenvalue weighted by Crippen LogP contribution is 2.32. The normalized spacial score (nSPS) is 14.3. The number of rotatable bonds is 2. The Hall–Kier alpha value is -1.78. The van der Waals surface area contributed by atoms with E-state index in [1.807, 2.05) is 6.07 Å². The van der Waals surface area contributed by atoms with Crippen LogP contribution in [0.25, 0.3) is 10.9 Å². The molecule has 106 valence electrons. The molecule has 1 aliphatic heterocycles. The summed E-state index contributed by atoms with van der Waals surface area (Å²) in [6.45, 7) is 1.91.